The first kappa shape index (κ1) is 17.9. The number of hydrogen-bond acceptors (Lipinski definition) is 2. The molecular weight excluding hydrogens is 267 g/mol. The van der Waals surface area contributed by atoms with E-state index in [1.165, 1.54) is 12.1 Å². The Balaban J connectivity index is 0.00000324. The van der Waals surface area contributed by atoms with Gasteiger partial charge in [-0.1, -0.05) is 19.8 Å². The molecule has 0 saturated heterocycles. The zero-order valence-corrected chi connectivity index (χ0v) is 12.2. The lowest BCUT2D eigenvalue weighted by atomic mass is 10.1. The van der Waals surface area contributed by atoms with Crippen molar-refractivity contribution in [3.05, 3.63) is 35.1 Å². The Morgan fingerprint density at radius 1 is 1.42 bits per heavy atom. The van der Waals surface area contributed by atoms with Gasteiger partial charge in [-0.15, -0.1) is 12.4 Å². The maximum Gasteiger partial charge on any atom is 0.251 e. The Morgan fingerprint density at radius 3 is 2.63 bits per heavy atom. The van der Waals surface area contributed by atoms with Gasteiger partial charge in [0.2, 0.25) is 0 Å². The maximum absolute atomic E-state index is 13.2. The van der Waals surface area contributed by atoms with Crippen molar-refractivity contribution in [3.8, 4) is 0 Å². The molecule has 0 aliphatic rings. The van der Waals surface area contributed by atoms with Crippen molar-refractivity contribution in [2.75, 3.05) is 6.54 Å². The van der Waals surface area contributed by atoms with Gasteiger partial charge in [0.15, 0.2) is 0 Å². The first-order chi connectivity index (χ1) is 8.56. The van der Waals surface area contributed by atoms with E-state index in [1.807, 2.05) is 0 Å². The summed E-state index contributed by atoms with van der Waals surface area (Å²) in [7, 11) is 0. The minimum atomic E-state index is -0.391. The number of aryl methyl sites for hydroxylation is 1. The Morgan fingerprint density at radius 2 is 2.11 bits per heavy atom. The molecule has 1 unspecified atom stereocenters. The summed E-state index contributed by atoms with van der Waals surface area (Å²) in [6.07, 6.45) is 2.93. The summed E-state index contributed by atoms with van der Waals surface area (Å²) in [5.74, 6) is -0.651. The lowest BCUT2D eigenvalue weighted by molar-refractivity contribution is 0.0935. The van der Waals surface area contributed by atoms with Crippen molar-refractivity contribution in [2.24, 2.45) is 5.73 Å². The van der Waals surface area contributed by atoms with Crippen LogP contribution in [-0.2, 0) is 0 Å². The molecule has 1 rings (SSSR count). The van der Waals surface area contributed by atoms with Gasteiger partial charge in [-0.3, -0.25) is 4.79 Å². The molecule has 0 radical (unpaired) electrons. The standard InChI is InChI=1S/C14H21FN2O.ClH/c1-3-4-5-13(9-16)17-14(18)11-6-10(2)7-12(15)8-11;/h6-8,13H,3-5,9,16H2,1-2H3,(H,17,18);1H. The van der Waals surface area contributed by atoms with Crippen LogP contribution in [0, 0.1) is 12.7 Å². The number of carbonyl (C=O) groups is 1. The van der Waals surface area contributed by atoms with E-state index in [-0.39, 0.29) is 24.4 Å². The molecular formula is C14H22ClFN2O. The van der Waals surface area contributed by atoms with Crippen LogP contribution in [0.4, 0.5) is 4.39 Å². The summed E-state index contributed by atoms with van der Waals surface area (Å²) < 4.78 is 13.2. The fourth-order valence-electron chi connectivity index (χ4n) is 1.84. The molecule has 0 aromatic heterocycles. The molecule has 0 spiro atoms. The molecule has 3 nitrogen and oxygen atoms in total. The normalized spacial score (nSPS) is 11.6. The van der Waals surface area contributed by atoms with Crippen LogP contribution in [0.25, 0.3) is 0 Å². The number of unbranched alkanes of at least 4 members (excludes halogenated alkanes) is 1. The Kier molecular flexibility index (Phi) is 8.35. The second-order valence-corrected chi connectivity index (χ2v) is 4.57. The van der Waals surface area contributed by atoms with Crippen LogP contribution < -0.4 is 11.1 Å². The average Bonchev–Trinajstić information content (AvgIpc) is 2.32. The first-order valence-corrected chi connectivity index (χ1v) is 6.35. The van der Waals surface area contributed by atoms with Crippen molar-refractivity contribution in [2.45, 2.75) is 39.2 Å². The largest absolute Gasteiger partial charge is 0.348 e. The number of amides is 1. The molecule has 1 atom stereocenters. The monoisotopic (exact) mass is 288 g/mol. The Labute approximate surface area is 120 Å². The van der Waals surface area contributed by atoms with Gasteiger partial charge in [0.1, 0.15) is 5.82 Å². The summed E-state index contributed by atoms with van der Waals surface area (Å²) in [5, 5.41) is 2.84. The Bertz CT molecular complexity index is 392. The number of nitrogens with two attached hydrogens (primary N) is 1. The van der Waals surface area contributed by atoms with Gasteiger partial charge < -0.3 is 11.1 Å². The highest BCUT2D eigenvalue weighted by molar-refractivity contribution is 5.94. The highest BCUT2D eigenvalue weighted by Gasteiger charge is 2.13. The number of carbonyl (C=O) groups excluding carboxylic acids is 1. The highest BCUT2D eigenvalue weighted by Crippen LogP contribution is 2.09. The molecule has 5 heteroatoms. The highest BCUT2D eigenvalue weighted by atomic mass is 35.5. The van der Waals surface area contributed by atoms with Gasteiger partial charge in [-0.25, -0.2) is 4.39 Å². The summed E-state index contributed by atoms with van der Waals surface area (Å²) in [6.45, 7) is 4.25. The van der Waals surface area contributed by atoms with Crippen LogP contribution in [-0.4, -0.2) is 18.5 Å². The van der Waals surface area contributed by atoms with Crippen LogP contribution in [0.15, 0.2) is 18.2 Å². The second kappa shape index (κ2) is 8.88. The van der Waals surface area contributed by atoms with E-state index in [9.17, 15) is 9.18 Å². The van der Waals surface area contributed by atoms with Gasteiger partial charge in [0, 0.05) is 18.2 Å². The van der Waals surface area contributed by atoms with Gasteiger partial charge in [-0.05, 0) is 37.1 Å². The first-order valence-electron chi connectivity index (χ1n) is 6.35. The fraction of sp³-hybridized carbons (Fsp3) is 0.500. The summed E-state index contributed by atoms with van der Waals surface area (Å²) in [5.41, 5.74) is 6.69. The molecule has 0 aliphatic carbocycles. The molecule has 0 fully saturated rings. The maximum atomic E-state index is 13.2. The van der Waals surface area contributed by atoms with E-state index in [1.54, 1.807) is 13.0 Å². The van der Waals surface area contributed by atoms with E-state index < -0.39 is 5.82 Å². The van der Waals surface area contributed by atoms with Crippen molar-refractivity contribution in [1.29, 1.82) is 0 Å². The van der Waals surface area contributed by atoms with Crippen LogP contribution in [0.5, 0.6) is 0 Å². The van der Waals surface area contributed by atoms with Crippen molar-refractivity contribution < 1.29 is 9.18 Å². The molecule has 3 N–H and O–H groups in total. The van der Waals surface area contributed by atoms with Crippen LogP contribution in [0.1, 0.15) is 42.1 Å². The smallest absolute Gasteiger partial charge is 0.251 e. The SMILES string of the molecule is CCCCC(CN)NC(=O)c1cc(C)cc(F)c1.Cl. The summed E-state index contributed by atoms with van der Waals surface area (Å²) in [4.78, 5) is 11.9. The lowest BCUT2D eigenvalue weighted by Gasteiger charge is -2.16. The van der Waals surface area contributed by atoms with Gasteiger partial charge in [0.25, 0.3) is 5.91 Å². The van der Waals surface area contributed by atoms with E-state index in [4.69, 9.17) is 5.73 Å². The van der Waals surface area contributed by atoms with Crippen LogP contribution >= 0.6 is 12.4 Å². The minimum absolute atomic E-state index is 0. The van der Waals surface area contributed by atoms with Crippen molar-refractivity contribution in [3.63, 3.8) is 0 Å². The third-order valence-electron chi connectivity index (χ3n) is 2.83. The molecule has 108 valence electrons. The van der Waals surface area contributed by atoms with E-state index in [2.05, 4.69) is 12.2 Å². The molecule has 19 heavy (non-hydrogen) atoms. The van der Waals surface area contributed by atoms with E-state index in [0.29, 0.717) is 12.1 Å². The van der Waals surface area contributed by atoms with Crippen molar-refractivity contribution >= 4 is 18.3 Å². The van der Waals surface area contributed by atoms with Crippen molar-refractivity contribution in [1.82, 2.24) is 5.32 Å². The molecule has 0 bridgehead atoms. The molecule has 1 aromatic carbocycles. The van der Waals surface area contributed by atoms with Gasteiger partial charge in [-0.2, -0.15) is 0 Å². The van der Waals surface area contributed by atoms with Crippen LogP contribution in [0.2, 0.25) is 0 Å². The van der Waals surface area contributed by atoms with Gasteiger partial charge >= 0.3 is 0 Å². The Hall–Kier alpha value is -1.13. The minimum Gasteiger partial charge on any atom is -0.348 e. The quantitative estimate of drug-likeness (QED) is 0.846. The topological polar surface area (TPSA) is 55.1 Å². The molecule has 0 heterocycles. The third kappa shape index (κ3) is 6.03. The number of nitrogens with one attached hydrogen (secondary N) is 1. The predicted octanol–water partition coefficient (Wildman–Crippen LogP) is 2.80. The molecule has 0 aliphatic heterocycles. The predicted molar refractivity (Wildman–Crippen MR) is 78.2 cm³/mol. The molecule has 1 amide bonds. The van der Waals surface area contributed by atoms with Gasteiger partial charge in [0.05, 0.1) is 0 Å². The zero-order valence-electron chi connectivity index (χ0n) is 11.4. The second-order valence-electron chi connectivity index (χ2n) is 4.57. The average molecular weight is 289 g/mol. The van der Waals surface area contributed by atoms with E-state index in [0.717, 1.165) is 24.8 Å². The van der Waals surface area contributed by atoms with Crippen LogP contribution in [0.3, 0.4) is 0 Å². The number of halogens is 2. The molecule has 0 saturated carbocycles. The summed E-state index contributed by atoms with van der Waals surface area (Å²) >= 11 is 0. The third-order valence-corrected chi connectivity index (χ3v) is 2.83. The lowest BCUT2D eigenvalue weighted by Crippen LogP contribution is -2.40. The number of benzene rings is 1. The molecule has 1 aromatic rings. The fourth-order valence-corrected chi connectivity index (χ4v) is 1.84. The van der Waals surface area contributed by atoms with E-state index >= 15 is 0 Å². The summed E-state index contributed by atoms with van der Waals surface area (Å²) in [6, 6.07) is 4.27. The zero-order chi connectivity index (χ0) is 13.5. The number of hydrogen-bond donors (Lipinski definition) is 2. The number of rotatable bonds is 6.